The monoisotopic (exact) mass is 247 g/mol. The van der Waals surface area contributed by atoms with Crippen LogP contribution in [0.2, 0.25) is 5.02 Å². The van der Waals surface area contributed by atoms with Crippen molar-refractivity contribution in [1.82, 2.24) is 0 Å². The van der Waals surface area contributed by atoms with Crippen LogP contribution >= 0.6 is 11.6 Å². The molecule has 88 valence electrons. The van der Waals surface area contributed by atoms with Crippen LogP contribution in [0.15, 0.2) is 6.07 Å². The summed E-state index contributed by atoms with van der Waals surface area (Å²) >= 11 is 5.55. The summed E-state index contributed by atoms with van der Waals surface area (Å²) < 4.78 is 27.5. The average molecular weight is 248 g/mol. The van der Waals surface area contributed by atoms with E-state index in [-0.39, 0.29) is 5.56 Å². The lowest BCUT2D eigenvalue weighted by Gasteiger charge is -2.25. The van der Waals surface area contributed by atoms with Crippen molar-refractivity contribution in [3.05, 3.63) is 28.3 Å². The van der Waals surface area contributed by atoms with Gasteiger partial charge in [0.25, 0.3) is 0 Å². The lowest BCUT2D eigenvalue weighted by Crippen LogP contribution is -2.35. The fourth-order valence-corrected chi connectivity index (χ4v) is 2.44. The first-order chi connectivity index (χ1) is 7.46. The first-order valence-electron chi connectivity index (χ1n) is 5.11. The van der Waals surface area contributed by atoms with Gasteiger partial charge in [0.05, 0.1) is 0 Å². The van der Waals surface area contributed by atoms with Crippen molar-refractivity contribution in [3.8, 4) is 5.75 Å². The summed E-state index contributed by atoms with van der Waals surface area (Å²) in [6.07, 6.45) is 2.74. The lowest BCUT2D eigenvalue weighted by atomic mass is 9.88. The predicted molar refractivity (Wildman–Crippen MR) is 57.4 cm³/mol. The van der Waals surface area contributed by atoms with E-state index >= 15 is 0 Å². The Morgan fingerprint density at radius 3 is 2.44 bits per heavy atom. The van der Waals surface area contributed by atoms with Gasteiger partial charge >= 0.3 is 0 Å². The van der Waals surface area contributed by atoms with E-state index in [1.165, 1.54) is 0 Å². The zero-order valence-electron chi connectivity index (χ0n) is 8.56. The van der Waals surface area contributed by atoms with Gasteiger partial charge in [0.1, 0.15) is 16.6 Å². The second-order valence-corrected chi connectivity index (χ2v) is 4.62. The predicted octanol–water partition coefficient (Wildman–Crippen LogP) is 3.05. The molecule has 0 radical (unpaired) electrons. The summed E-state index contributed by atoms with van der Waals surface area (Å²) in [4.78, 5) is 0. The zero-order valence-corrected chi connectivity index (χ0v) is 9.32. The molecule has 0 heterocycles. The second-order valence-electron chi connectivity index (χ2n) is 4.24. The molecule has 1 saturated carbocycles. The molecule has 1 aromatic carbocycles. The maximum Gasteiger partial charge on any atom is 0.153 e. The van der Waals surface area contributed by atoms with Crippen LogP contribution in [-0.2, 0) is 5.54 Å². The highest BCUT2D eigenvalue weighted by atomic mass is 35.5. The van der Waals surface area contributed by atoms with Gasteiger partial charge in [-0.1, -0.05) is 24.4 Å². The molecular weight excluding hydrogens is 236 g/mol. The Bertz CT molecular complexity index is 430. The van der Waals surface area contributed by atoms with Crippen LogP contribution in [0.5, 0.6) is 5.75 Å². The summed E-state index contributed by atoms with van der Waals surface area (Å²) in [6, 6.07) is 0.813. The quantitative estimate of drug-likeness (QED) is 0.750. The molecule has 3 N–H and O–H groups in total. The fraction of sp³-hybridized carbons (Fsp3) is 0.455. The highest BCUT2D eigenvalue weighted by Crippen LogP contribution is 2.42. The second kappa shape index (κ2) is 3.86. The first-order valence-corrected chi connectivity index (χ1v) is 5.49. The Morgan fingerprint density at radius 2 is 1.88 bits per heavy atom. The van der Waals surface area contributed by atoms with Crippen LogP contribution in [0.25, 0.3) is 0 Å². The van der Waals surface area contributed by atoms with Crippen LogP contribution in [0.3, 0.4) is 0 Å². The SMILES string of the molecule is NC1(c2c(F)cc(O)c(Cl)c2F)CCCC1. The average Bonchev–Trinajstić information content (AvgIpc) is 2.62. The van der Waals surface area contributed by atoms with Crippen molar-refractivity contribution < 1.29 is 13.9 Å². The number of benzene rings is 1. The Labute approximate surface area is 97.0 Å². The molecule has 0 amide bonds. The van der Waals surface area contributed by atoms with Gasteiger partial charge < -0.3 is 10.8 Å². The summed E-state index contributed by atoms with van der Waals surface area (Å²) in [5, 5.41) is 8.71. The fourth-order valence-electron chi connectivity index (χ4n) is 2.29. The molecule has 1 aromatic rings. The van der Waals surface area contributed by atoms with E-state index in [1.807, 2.05) is 0 Å². The minimum atomic E-state index is -0.995. The molecule has 2 nitrogen and oxygen atoms in total. The van der Waals surface area contributed by atoms with Gasteiger partial charge in [-0.15, -0.1) is 0 Å². The van der Waals surface area contributed by atoms with Crippen LogP contribution < -0.4 is 5.73 Å². The number of halogens is 3. The number of hydrogen-bond donors (Lipinski definition) is 2. The van der Waals surface area contributed by atoms with Gasteiger partial charge in [-0.2, -0.15) is 0 Å². The summed E-state index contributed by atoms with van der Waals surface area (Å²) in [7, 11) is 0. The van der Waals surface area contributed by atoms with E-state index < -0.39 is 27.9 Å². The van der Waals surface area contributed by atoms with E-state index in [0.717, 1.165) is 18.9 Å². The molecule has 1 aliphatic rings. The van der Waals surface area contributed by atoms with Gasteiger partial charge in [-0.05, 0) is 12.8 Å². The first kappa shape index (κ1) is 11.6. The molecule has 0 aromatic heterocycles. The molecule has 1 fully saturated rings. The van der Waals surface area contributed by atoms with Crippen molar-refractivity contribution in [3.63, 3.8) is 0 Å². The van der Waals surface area contributed by atoms with Gasteiger partial charge in [-0.3, -0.25) is 0 Å². The third-order valence-electron chi connectivity index (χ3n) is 3.13. The summed E-state index contributed by atoms with van der Waals surface area (Å²) in [5.74, 6) is -2.37. The molecule has 0 saturated heterocycles. The standard InChI is InChI=1S/C11H12ClF2NO/c12-9-7(16)5-6(13)8(10(9)14)11(15)3-1-2-4-11/h5,16H,1-4,15H2. The Hall–Kier alpha value is -0.870. The molecular formula is C11H12ClF2NO. The van der Waals surface area contributed by atoms with Crippen molar-refractivity contribution >= 4 is 11.6 Å². The highest BCUT2D eigenvalue weighted by Gasteiger charge is 2.37. The van der Waals surface area contributed by atoms with Crippen molar-refractivity contribution in [1.29, 1.82) is 0 Å². The number of hydrogen-bond acceptors (Lipinski definition) is 2. The van der Waals surface area contributed by atoms with Crippen LogP contribution in [0, 0.1) is 11.6 Å². The highest BCUT2D eigenvalue weighted by molar-refractivity contribution is 6.32. The maximum absolute atomic E-state index is 13.8. The van der Waals surface area contributed by atoms with Gasteiger partial charge in [-0.25, -0.2) is 8.78 Å². The van der Waals surface area contributed by atoms with Crippen LogP contribution in [0.1, 0.15) is 31.2 Å². The normalized spacial score (nSPS) is 19.0. The zero-order chi connectivity index (χ0) is 11.9. The summed E-state index contributed by atoms with van der Waals surface area (Å²) in [6.45, 7) is 0. The molecule has 5 heteroatoms. The Balaban J connectivity index is 2.60. The van der Waals surface area contributed by atoms with Gasteiger partial charge in [0.2, 0.25) is 0 Å². The van der Waals surface area contributed by atoms with Crippen LogP contribution in [-0.4, -0.2) is 5.11 Å². The van der Waals surface area contributed by atoms with E-state index in [1.54, 1.807) is 0 Å². The molecule has 0 atom stereocenters. The molecule has 1 aliphatic carbocycles. The molecule has 0 aliphatic heterocycles. The smallest absolute Gasteiger partial charge is 0.153 e. The molecule has 0 unspecified atom stereocenters. The van der Waals surface area contributed by atoms with Crippen LogP contribution in [0.4, 0.5) is 8.78 Å². The van der Waals surface area contributed by atoms with Crippen molar-refractivity contribution in [2.45, 2.75) is 31.2 Å². The van der Waals surface area contributed by atoms with Gasteiger partial charge in [0.15, 0.2) is 5.82 Å². The maximum atomic E-state index is 13.8. The number of rotatable bonds is 1. The molecule has 0 bridgehead atoms. The van der Waals surface area contributed by atoms with E-state index in [2.05, 4.69) is 0 Å². The largest absolute Gasteiger partial charge is 0.506 e. The molecule has 0 spiro atoms. The lowest BCUT2D eigenvalue weighted by molar-refractivity contribution is 0.396. The van der Waals surface area contributed by atoms with Crippen molar-refractivity contribution in [2.75, 3.05) is 0 Å². The van der Waals surface area contributed by atoms with E-state index in [9.17, 15) is 13.9 Å². The molecule has 2 rings (SSSR count). The topological polar surface area (TPSA) is 46.2 Å². The minimum Gasteiger partial charge on any atom is -0.506 e. The number of aromatic hydroxyl groups is 1. The van der Waals surface area contributed by atoms with Gasteiger partial charge in [0, 0.05) is 17.2 Å². The third kappa shape index (κ3) is 1.66. The number of phenols is 1. The number of nitrogens with two attached hydrogens (primary N) is 1. The summed E-state index contributed by atoms with van der Waals surface area (Å²) in [5.41, 5.74) is 4.79. The third-order valence-corrected chi connectivity index (χ3v) is 3.49. The number of phenolic OH excluding ortho intramolecular Hbond substituents is 1. The molecule has 16 heavy (non-hydrogen) atoms. The minimum absolute atomic E-state index is 0.201. The Kier molecular flexibility index (Phi) is 2.80. The van der Waals surface area contributed by atoms with E-state index in [4.69, 9.17) is 17.3 Å². The Morgan fingerprint density at radius 1 is 1.31 bits per heavy atom. The van der Waals surface area contributed by atoms with Crippen molar-refractivity contribution in [2.24, 2.45) is 5.73 Å². The van der Waals surface area contributed by atoms with E-state index in [0.29, 0.717) is 12.8 Å².